The van der Waals surface area contributed by atoms with Gasteiger partial charge in [0, 0.05) is 11.6 Å². The Bertz CT molecular complexity index is 827. The highest BCUT2D eigenvalue weighted by Gasteiger charge is 2.24. The molecule has 7 heteroatoms. The SMILES string of the molecule is COc1cc(C)c(C[NH+](C)[C@H](C)C(=O)Nc2ccc(F)cc2F)cc1OC. The fourth-order valence-electron chi connectivity index (χ4n) is 2.72. The van der Waals surface area contributed by atoms with Crippen LogP contribution < -0.4 is 19.7 Å². The fourth-order valence-corrected chi connectivity index (χ4v) is 2.72. The van der Waals surface area contributed by atoms with Crippen molar-refractivity contribution in [1.29, 1.82) is 0 Å². The molecule has 0 bridgehead atoms. The first-order chi connectivity index (χ1) is 12.8. The van der Waals surface area contributed by atoms with E-state index in [0.29, 0.717) is 18.0 Å². The molecule has 5 nitrogen and oxygen atoms in total. The van der Waals surface area contributed by atoms with Gasteiger partial charge in [-0.25, -0.2) is 8.78 Å². The van der Waals surface area contributed by atoms with E-state index >= 15 is 0 Å². The zero-order valence-corrected chi connectivity index (χ0v) is 16.2. The Morgan fingerprint density at radius 1 is 1.15 bits per heavy atom. The number of carbonyl (C=O) groups is 1. The van der Waals surface area contributed by atoms with Gasteiger partial charge in [-0.2, -0.15) is 0 Å². The molecule has 1 amide bonds. The van der Waals surface area contributed by atoms with Gasteiger partial charge in [0.05, 0.1) is 27.0 Å². The molecule has 2 aromatic carbocycles. The van der Waals surface area contributed by atoms with Gasteiger partial charge in [-0.05, 0) is 43.7 Å². The predicted molar refractivity (Wildman–Crippen MR) is 99.3 cm³/mol. The standard InChI is InChI=1S/C20H24F2N2O3/c1-12-8-18(26-4)19(27-5)9-14(12)11-24(3)13(2)20(25)23-17-7-6-15(21)10-16(17)22/h6-10,13H,11H2,1-5H3,(H,23,25)/p+1/t13-/m1/s1. The molecule has 0 aliphatic heterocycles. The Morgan fingerprint density at radius 3 is 2.37 bits per heavy atom. The number of halogens is 2. The van der Waals surface area contributed by atoms with E-state index in [1.54, 1.807) is 21.1 Å². The van der Waals surface area contributed by atoms with Crippen molar-refractivity contribution in [3.05, 3.63) is 53.1 Å². The van der Waals surface area contributed by atoms with E-state index in [1.807, 2.05) is 26.1 Å². The Balaban J connectivity index is 2.10. The Labute approximate surface area is 157 Å². The van der Waals surface area contributed by atoms with Crippen LogP contribution >= 0.6 is 0 Å². The number of ether oxygens (including phenoxy) is 2. The largest absolute Gasteiger partial charge is 0.493 e. The quantitative estimate of drug-likeness (QED) is 0.777. The number of amides is 1. The van der Waals surface area contributed by atoms with Crippen molar-refractivity contribution in [3.8, 4) is 11.5 Å². The minimum Gasteiger partial charge on any atom is -0.493 e. The van der Waals surface area contributed by atoms with Gasteiger partial charge in [0.15, 0.2) is 17.5 Å². The third-order valence-corrected chi connectivity index (χ3v) is 4.63. The summed E-state index contributed by atoms with van der Waals surface area (Å²) in [5, 5.41) is 2.51. The van der Waals surface area contributed by atoms with Crippen LogP contribution in [-0.4, -0.2) is 33.2 Å². The van der Waals surface area contributed by atoms with Crippen molar-refractivity contribution in [1.82, 2.24) is 0 Å². The van der Waals surface area contributed by atoms with Gasteiger partial charge >= 0.3 is 0 Å². The summed E-state index contributed by atoms with van der Waals surface area (Å²) in [6.45, 7) is 4.28. The van der Waals surface area contributed by atoms with Gasteiger partial charge in [0.25, 0.3) is 5.91 Å². The molecule has 0 saturated heterocycles. The molecule has 0 fully saturated rings. The second-order valence-corrected chi connectivity index (χ2v) is 6.49. The summed E-state index contributed by atoms with van der Waals surface area (Å²) in [6, 6.07) is 6.38. The summed E-state index contributed by atoms with van der Waals surface area (Å²) in [6.07, 6.45) is 0. The molecule has 0 aromatic heterocycles. The van der Waals surface area contributed by atoms with Gasteiger partial charge in [0.2, 0.25) is 0 Å². The lowest BCUT2D eigenvalue weighted by molar-refractivity contribution is -0.907. The first kappa shape index (κ1) is 20.6. The molecule has 0 spiro atoms. The number of methoxy groups -OCH3 is 2. The van der Waals surface area contributed by atoms with Crippen LogP contribution in [0.15, 0.2) is 30.3 Å². The monoisotopic (exact) mass is 379 g/mol. The molecule has 146 valence electrons. The van der Waals surface area contributed by atoms with Gasteiger partial charge in [-0.15, -0.1) is 0 Å². The third kappa shape index (κ3) is 4.95. The number of hydrogen-bond donors (Lipinski definition) is 2. The van der Waals surface area contributed by atoms with Gasteiger partial charge < -0.3 is 19.7 Å². The number of carbonyl (C=O) groups excluding carboxylic acids is 1. The minimum atomic E-state index is -0.802. The summed E-state index contributed by atoms with van der Waals surface area (Å²) >= 11 is 0. The average Bonchev–Trinajstić information content (AvgIpc) is 2.64. The molecule has 0 saturated carbocycles. The van der Waals surface area contributed by atoms with Gasteiger partial charge in [-0.3, -0.25) is 4.79 Å². The first-order valence-corrected chi connectivity index (χ1v) is 8.56. The van der Waals surface area contributed by atoms with Crippen molar-refractivity contribution in [3.63, 3.8) is 0 Å². The third-order valence-electron chi connectivity index (χ3n) is 4.63. The normalized spacial score (nSPS) is 13.0. The minimum absolute atomic E-state index is 0.0386. The van der Waals surface area contributed by atoms with Gasteiger partial charge in [0.1, 0.15) is 18.2 Å². The summed E-state index contributed by atoms with van der Waals surface area (Å²) in [4.78, 5) is 13.4. The number of aryl methyl sites for hydroxylation is 1. The van der Waals surface area contributed by atoms with E-state index in [-0.39, 0.29) is 11.6 Å². The van der Waals surface area contributed by atoms with Crippen LogP contribution in [0, 0.1) is 18.6 Å². The molecular formula is C20H25F2N2O3+. The van der Waals surface area contributed by atoms with Crippen molar-refractivity contribution < 1.29 is 27.9 Å². The number of anilines is 1. The van der Waals surface area contributed by atoms with E-state index in [9.17, 15) is 13.6 Å². The highest BCUT2D eigenvalue weighted by atomic mass is 19.1. The van der Waals surface area contributed by atoms with Crippen LogP contribution in [0.5, 0.6) is 11.5 Å². The van der Waals surface area contributed by atoms with Crippen molar-refractivity contribution >= 4 is 11.6 Å². The zero-order chi connectivity index (χ0) is 20.1. The van der Waals surface area contributed by atoms with Crippen LogP contribution in [0.4, 0.5) is 14.5 Å². The molecule has 0 aliphatic carbocycles. The maximum Gasteiger partial charge on any atom is 0.282 e. The molecule has 0 aliphatic rings. The molecule has 2 atom stereocenters. The summed E-state index contributed by atoms with van der Waals surface area (Å²) in [5.41, 5.74) is 1.99. The Hall–Kier alpha value is -2.67. The van der Waals surface area contributed by atoms with Crippen molar-refractivity contribution in [2.24, 2.45) is 0 Å². The number of hydrogen-bond acceptors (Lipinski definition) is 3. The maximum absolute atomic E-state index is 13.7. The second-order valence-electron chi connectivity index (χ2n) is 6.49. The van der Waals surface area contributed by atoms with Crippen molar-refractivity contribution in [2.75, 3.05) is 26.6 Å². The number of likely N-dealkylation sites (N-methyl/N-ethyl adjacent to an activating group) is 1. The lowest BCUT2D eigenvalue weighted by atomic mass is 10.1. The average molecular weight is 379 g/mol. The van der Waals surface area contributed by atoms with Crippen molar-refractivity contribution in [2.45, 2.75) is 26.4 Å². The Morgan fingerprint density at radius 2 is 1.78 bits per heavy atom. The Kier molecular flexibility index (Phi) is 6.74. The summed E-state index contributed by atoms with van der Waals surface area (Å²) in [5.74, 6) is -0.573. The number of benzene rings is 2. The van der Waals surface area contributed by atoms with E-state index in [4.69, 9.17) is 9.47 Å². The van der Waals surface area contributed by atoms with Crippen LogP contribution in [0.3, 0.4) is 0 Å². The van der Waals surface area contributed by atoms with Crippen LogP contribution in [0.25, 0.3) is 0 Å². The molecule has 1 unspecified atom stereocenters. The van der Waals surface area contributed by atoms with E-state index in [2.05, 4.69) is 5.32 Å². The molecule has 2 N–H and O–H groups in total. The first-order valence-electron chi connectivity index (χ1n) is 8.56. The van der Waals surface area contributed by atoms with E-state index < -0.39 is 17.7 Å². The number of rotatable bonds is 7. The molecular weight excluding hydrogens is 354 g/mol. The molecule has 2 rings (SSSR count). The summed E-state index contributed by atoms with van der Waals surface area (Å²) in [7, 11) is 5.03. The highest BCUT2D eigenvalue weighted by Crippen LogP contribution is 2.29. The lowest BCUT2D eigenvalue weighted by Gasteiger charge is -2.22. The smallest absolute Gasteiger partial charge is 0.282 e. The van der Waals surface area contributed by atoms with Gasteiger partial charge in [-0.1, -0.05) is 0 Å². The van der Waals surface area contributed by atoms with Crippen LogP contribution in [-0.2, 0) is 11.3 Å². The predicted octanol–water partition coefficient (Wildman–Crippen LogP) is 2.33. The maximum atomic E-state index is 13.7. The zero-order valence-electron chi connectivity index (χ0n) is 16.2. The van der Waals surface area contributed by atoms with E-state index in [0.717, 1.165) is 28.2 Å². The molecule has 2 aromatic rings. The lowest BCUT2D eigenvalue weighted by Crippen LogP contribution is -3.12. The topological polar surface area (TPSA) is 52.0 Å². The fraction of sp³-hybridized carbons (Fsp3) is 0.350. The molecule has 0 radical (unpaired) electrons. The summed E-state index contributed by atoms with van der Waals surface area (Å²) < 4.78 is 37.4. The molecule has 0 heterocycles. The number of nitrogens with one attached hydrogen (secondary N) is 2. The highest BCUT2D eigenvalue weighted by molar-refractivity contribution is 5.93. The van der Waals surface area contributed by atoms with Crippen LogP contribution in [0.1, 0.15) is 18.1 Å². The number of quaternary nitrogens is 1. The van der Waals surface area contributed by atoms with Crippen LogP contribution in [0.2, 0.25) is 0 Å². The molecule has 27 heavy (non-hydrogen) atoms. The second kappa shape index (κ2) is 8.81. The van der Waals surface area contributed by atoms with E-state index in [1.165, 1.54) is 6.07 Å².